The number of H-pyrrole nitrogens is 1. The number of esters is 1. The summed E-state index contributed by atoms with van der Waals surface area (Å²) in [5.41, 5.74) is 0.381. The van der Waals surface area contributed by atoms with Crippen LogP contribution in [0.1, 0.15) is 32.0 Å². The van der Waals surface area contributed by atoms with E-state index in [0.29, 0.717) is 36.1 Å². The number of carbonyl (C=O) groups excluding carboxylic acids is 3. The number of hydrogen-bond donors (Lipinski definition) is 3. The van der Waals surface area contributed by atoms with Gasteiger partial charge in [-0.1, -0.05) is 19.1 Å². The maximum Gasteiger partial charge on any atom is 0.306 e. The molecule has 0 bridgehead atoms. The first-order valence-electron chi connectivity index (χ1n) is 9.16. The fourth-order valence-electron chi connectivity index (χ4n) is 2.43. The van der Waals surface area contributed by atoms with E-state index in [1.54, 1.807) is 24.3 Å². The maximum absolute atomic E-state index is 12.0. The lowest BCUT2D eigenvalue weighted by Crippen LogP contribution is -2.38. The van der Waals surface area contributed by atoms with Crippen molar-refractivity contribution in [2.24, 2.45) is 0 Å². The second-order valence-corrected chi connectivity index (χ2v) is 6.17. The Labute approximate surface area is 161 Å². The first-order chi connectivity index (χ1) is 13.5. The summed E-state index contributed by atoms with van der Waals surface area (Å²) >= 11 is 0. The van der Waals surface area contributed by atoms with Gasteiger partial charge in [-0.15, -0.1) is 0 Å². The van der Waals surface area contributed by atoms with E-state index in [9.17, 15) is 19.2 Å². The summed E-state index contributed by atoms with van der Waals surface area (Å²) in [6.45, 7) is 1.87. The predicted molar refractivity (Wildman–Crippen MR) is 103 cm³/mol. The van der Waals surface area contributed by atoms with Crippen LogP contribution in [0.2, 0.25) is 0 Å². The Kier molecular flexibility index (Phi) is 8.13. The SMILES string of the molecule is CCCNC(=O)CNC(=O)COC(=O)CCCc1nc2ccccc2c(=O)[nH]1. The largest absolute Gasteiger partial charge is 0.456 e. The van der Waals surface area contributed by atoms with Gasteiger partial charge in [0.1, 0.15) is 5.82 Å². The number of fused-ring (bicyclic) bond motifs is 1. The lowest BCUT2D eigenvalue weighted by atomic mass is 10.2. The van der Waals surface area contributed by atoms with Gasteiger partial charge in [0.05, 0.1) is 17.4 Å². The van der Waals surface area contributed by atoms with Gasteiger partial charge in [-0.2, -0.15) is 0 Å². The van der Waals surface area contributed by atoms with E-state index < -0.39 is 18.5 Å². The maximum atomic E-state index is 12.0. The van der Waals surface area contributed by atoms with Crippen LogP contribution in [0, 0.1) is 0 Å². The van der Waals surface area contributed by atoms with Gasteiger partial charge in [0, 0.05) is 19.4 Å². The highest BCUT2D eigenvalue weighted by Gasteiger charge is 2.10. The van der Waals surface area contributed by atoms with Crippen molar-refractivity contribution >= 4 is 28.7 Å². The van der Waals surface area contributed by atoms with Crippen LogP contribution in [0.25, 0.3) is 10.9 Å². The normalized spacial score (nSPS) is 10.5. The van der Waals surface area contributed by atoms with Gasteiger partial charge >= 0.3 is 5.97 Å². The van der Waals surface area contributed by atoms with Crippen LogP contribution in [0.5, 0.6) is 0 Å². The molecule has 0 aliphatic carbocycles. The fraction of sp³-hybridized carbons (Fsp3) is 0.421. The van der Waals surface area contributed by atoms with Crippen LogP contribution in [0.4, 0.5) is 0 Å². The molecule has 0 atom stereocenters. The second kappa shape index (κ2) is 10.8. The third kappa shape index (κ3) is 6.82. The molecular weight excluding hydrogens is 364 g/mol. The number of ether oxygens (including phenoxy) is 1. The molecule has 0 spiro atoms. The fourth-order valence-corrected chi connectivity index (χ4v) is 2.43. The summed E-state index contributed by atoms with van der Waals surface area (Å²) < 4.78 is 4.87. The highest BCUT2D eigenvalue weighted by atomic mass is 16.5. The summed E-state index contributed by atoms with van der Waals surface area (Å²) in [5, 5.41) is 5.51. The van der Waals surface area contributed by atoms with Crippen molar-refractivity contribution in [1.29, 1.82) is 0 Å². The lowest BCUT2D eigenvalue weighted by Gasteiger charge is -2.07. The molecule has 0 unspecified atom stereocenters. The van der Waals surface area contributed by atoms with Crippen molar-refractivity contribution in [3.8, 4) is 0 Å². The predicted octanol–water partition coefficient (Wildman–Crippen LogP) is 0.431. The smallest absolute Gasteiger partial charge is 0.306 e. The van der Waals surface area contributed by atoms with Crippen molar-refractivity contribution in [2.75, 3.05) is 19.7 Å². The third-order valence-electron chi connectivity index (χ3n) is 3.84. The van der Waals surface area contributed by atoms with Gasteiger partial charge in [-0.3, -0.25) is 19.2 Å². The Balaban J connectivity index is 1.68. The number of nitrogens with one attached hydrogen (secondary N) is 3. The molecule has 1 aromatic carbocycles. The number of carbonyl (C=O) groups is 3. The molecule has 0 aliphatic rings. The number of rotatable bonds is 10. The first-order valence-corrected chi connectivity index (χ1v) is 9.16. The molecule has 0 saturated heterocycles. The number of aryl methyl sites for hydroxylation is 1. The quantitative estimate of drug-likeness (QED) is 0.506. The molecule has 150 valence electrons. The molecule has 1 heterocycles. The van der Waals surface area contributed by atoms with Gasteiger partial charge in [0.15, 0.2) is 6.61 Å². The molecule has 0 saturated carbocycles. The van der Waals surface area contributed by atoms with Gasteiger partial charge in [0.25, 0.3) is 11.5 Å². The van der Waals surface area contributed by atoms with Crippen LogP contribution >= 0.6 is 0 Å². The average Bonchev–Trinajstić information content (AvgIpc) is 2.69. The monoisotopic (exact) mass is 388 g/mol. The Hall–Kier alpha value is -3.23. The zero-order valence-electron chi connectivity index (χ0n) is 15.7. The van der Waals surface area contributed by atoms with E-state index in [0.717, 1.165) is 6.42 Å². The number of aromatic nitrogens is 2. The molecule has 2 aromatic rings. The molecule has 0 fully saturated rings. The first kappa shape index (κ1) is 21.1. The standard InChI is InChI=1S/C19H24N4O5/c1-2-10-20-16(24)11-21-17(25)12-28-18(26)9-5-8-15-22-14-7-4-3-6-13(14)19(27)23-15/h3-4,6-7H,2,5,8-12H2,1H3,(H,20,24)(H,21,25)(H,22,23,27). The van der Waals surface area contributed by atoms with Crippen LogP contribution in [0.15, 0.2) is 29.1 Å². The molecular formula is C19H24N4O5. The minimum absolute atomic E-state index is 0.0841. The van der Waals surface area contributed by atoms with Crippen molar-refractivity contribution in [3.63, 3.8) is 0 Å². The van der Waals surface area contributed by atoms with Gasteiger partial charge in [-0.25, -0.2) is 4.98 Å². The van der Waals surface area contributed by atoms with Gasteiger partial charge < -0.3 is 20.4 Å². The molecule has 0 radical (unpaired) electrons. The Morgan fingerprint density at radius 1 is 1.14 bits per heavy atom. The highest BCUT2D eigenvalue weighted by Crippen LogP contribution is 2.07. The van der Waals surface area contributed by atoms with Gasteiger partial charge in [0.2, 0.25) is 5.91 Å². The summed E-state index contributed by atoms with van der Waals surface area (Å²) in [7, 11) is 0. The van der Waals surface area contributed by atoms with Crippen LogP contribution in [0.3, 0.4) is 0 Å². The Morgan fingerprint density at radius 3 is 2.71 bits per heavy atom. The van der Waals surface area contributed by atoms with Crippen LogP contribution in [-0.2, 0) is 25.5 Å². The van der Waals surface area contributed by atoms with Crippen LogP contribution in [-0.4, -0.2) is 47.4 Å². The number of para-hydroxylation sites is 1. The molecule has 3 N–H and O–H groups in total. The molecule has 2 rings (SSSR count). The summed E-state index contributed by atoms with van der Waals surface area (Å²) in [6.07, 6.45) is 1.71. The molecule has 9 nitrogen and oxygen atoms in total. The molecule has 28 heavy (non-hydrogen) atoms. The Bertz CT molecular complexity index is 893. The summed E-state index contributed by atoms with van der Waals surface area (Å²) in [5.74, 6) is -0.875. The minimum atomic E-state index is -0.541. The number of benzene rings is 1. The minimum Gasteiger partial charge on any atom is -0.456 e. The third-order valence-corrected chi connectivity index (χ3v) is 3.84. The van der Waals surface area contributed by atoms with E-state index in [4.69, 9.17) is 4.74 Å². The lowest BCUT2D eigenvalue weighted by molar-refractivity contribution is -0.148. The van der Waals surface area contributed by atoms with E-state index in [-0.39, 0.29) is 24.4 Å². The molecule has 2 amide bonds. The Morgan fingerprint density at radius 2 is 1.93 bits per heavy atom. The van der Waals surface area contributed by atoms with E-state index in [2.05, 4.69) is 20.6 Å². The van der Waals surface area contributed by atoms with Crippen molar-refractivity contribution in [3.05, 3.63) is 40.4 Å². The number of nitrogens with zero attached hydrogens (tertiary/aromatic N) is 1. The zero-order chi connectivity index (χ0) is 20.4. The van der Waals surface area contributed by atoms with Crippen molar-refractivity contribution in [2.45, 2.75) is 32.6 Å². The molecule has 0 aliphatic heterocycles. The van der Waals surface area contributed by atoms with E-state index >= 15 is 0 Å². The van der Waals surface area contributed by atoms with E-state index in [1.165, 1.54) is 0 Å². The number of amides is 2. The van der Waals surface area contributed by atoms with Crippen molar-refractivity contribution in [1.82, 2.24) is 20.6 Å². The van der Waals surface area contributed by atoms with E-state index in [1.807, 2.05) is 6.92 Å². The second-order valence-electron chi connectivity index (χ2n) is 6.17. The number of aromatic amines is 1. The number of hydrogen-bond acceptors (Lipinski definition) is 6. The molecule has 9 heteroatoms. The van der Waals surface area contributed by atoms with Crippen molar-refractivity contribution < 1.29 is 19.1 Å². The molecule has 1 aromatic heterocycles. The highest BCUT2D eigenvalue weighted by molar-refractivity contribution is 5.86. The zero-order valence-corrected chi connectivity index (χ0v) is 15.7. The topological polar surface area (TPSA) is 130 Å². The average molecular weight is 388 g/mol. The van der Waals surface area contributed by atoms with Crippen LogP contribution < -0.4 is 16.2 Å². The van der Waals surface area contributed by atoms with Gasteiger partial charge in [-0.05, 0) is 25.0 Å². The summed E-state index contributed by atoms with van der Waals surface area (Å²) in [4.78, 5) is 53.7. The summed E-state index contributed by atoms with van der Waals surface area (Å²) in [6, 6.07) is 7.02.